The lowest BCUT2D eigenvalue weighted by molar-refractivity contribution is -0.113. The van der Waals surface area contributed by atoms with Gasteiger partial charge in [0.25, 0.3) is 5.91 Å². The molecular weight excluding hydrogens is 428 g/mol. The second-order valence-corrected chi connectivity index (χ2v) is 10.0. The molecule has 5 heteroatoms. The molecule has 33 heavy (non-hydrogen) atoms. The van der Waals surface area contributed by atoms with Gasteiger partial charge >= 0.3 is 0 Å². The molecule has 1 heterocycles. The fourth-order valence-electron chi connectivity index (χ4n) is 3.52. The van der Waals surface area contributed by atoms with Crippen molar-refractivity contribution < 1.29 is 9.90 Å². The number of aliphatic imine (C=N–C) groups is 1. The molecule has 1 fully saturated rings. The van der Waals surface area contributed by atoms with Crippen molar-refractivity contribution in [2.24, 2.45) is 4.99 Å². The number of hydrogen-bond acceptors (Lipinski definition) is 4. The number of aliphatic hydroxyl groups excluding tert-OH is 1. The number of para-hydroxylation sites is 1. The van der Waals surface area contributed by atoms with E-state index in [0.717, 1.165) is 22.4 Å². The van der Waals surface area contributed by atoms with Crippen LogP contribution in [0.3, 0.4) is 0 Å². The fraction of sp³-hybridized carbons (Fsp3) is 0.214. The van der Waals surface area contributed by atoms with E-state index >= 15 is 0 Å². The summed E-state index contributed by atoms with van der Waals surface area (Å²) in [5, 5.41) is 9.93. The molecule has 0 saturated carbocycles. The lowest BCUT2D eigenvalue weighted by atomic mass is 9.87. The number of aliphatic hydroxyl groups is 1. The van der Waals surface area contributed by atoms with Gasteiger partial charge in [0.15, 0.2) is 5.17 Å². The number of carbonyl (C=O) groups excluding carboxylic acids is 1. The van der Waals surface area contributed by atoms with E-state index in [0.29, 0.717) is 16.6 Å². The van der Waals surface area contributed by atoms with E-state index in [1.54, 1.807) is 4.90 Å². The van der Waals surface area contributed by atoms with Crippen LogP contribution >= 0.6 is 11.8 Å². The molecule has 168 valence electrons. The summed E-state index contributed by atoms with van der Waals surface area (Å²) in [5.74, 6) is -0.0840. The Labute approximate surface area is 199 Å². The molecule has 0 aliphatic carbocycles. The van der Waals surface area contributed by atoms with E-state index in [1.165, 1.54) is 17.3 Å². The zero-order chi connectivity index (χ0) is 23.4. The highest BCUT2D eigenvalue weighted by Gasteiger charge is 2.34. The van der Waals surface area contributed by atoms with Gasteiger partial charge in [-0.05, 0) is 57.6 Å². The standard InChI is InChI=1S/C28H28N2O2S/c1-28(2,3)23-15-13-21(14-16-23)18-29-27-30(24-7-5-4-6-8-24)26(32)25(33-27)17-20-9-11-22(19-31)12-10-20/h4-17,31H,18-19H2,1-3H3/b25-17-,29-27-. The summed E-state index contributed by atoms with van der Waals surface area (Å²) < 4.78 is 0. The molecule has 0 bridgehead atoms. The Hall–Kier alpha value is -3.15. The Balaban J connectivity index is 1.62. The van der Waals surface area contributed by atoms with E-state index in [4.69, 9.17) is 4.99 Å². The van der Waals surface area contributed by atoms with Crippen LogP contribution in [0.1, 0.15) is 43.0 Å². The number of carbonyl (C=O) groups is 1. The number of rotatable bonds is 5. The van der Waals surface area contributed by atoms with E-state index in [9.17, 15) is 9.90 Å². The van der Waals surface area contributed by atoms with Crippen molar-refractivity contribution in [1.82, 2.24) is 0 Å². The first-order valence-electron chi connectivity index (χ1n) is 11.0. The summed E-state index contributed by atoms with van der Waals surface area (Å²) in [6, 6.07) is 25.7. The SMILES string of the molecule is CC(C)(C)c1ccc(C/N=C2\S/C(=C\c3ccc(CO)cc3)C(=O)N2c2ccccc2)cc1. The first kappa shape index (κ1) is 23.0. The number of hydrogen-bond donors (Lipinski definition) is 1. The van der Waals surface area contributed by atoms with Gasteiger partial charge in [0.05, 0.1) is 23.7 Å². The van der Waals surface area contributed by atoms with Crippen molar-refractivity contribution in [3.8, 4) is 0 Å². The molecule has 1 N–H and O–H groups in total. The van der Waals surface area contributed by atoms with Crippen LogP contribution in [0.5, 0.6) is 0 Å². The van der Waals surface area contributed by atoms with Crippen molar-refractivity contribution in [2.45, 2.75) is 39.3 Å². The normalized spacial score (nSPS) is 16.7. The number of benzene rings is 3. The summed E-state index contributed by atoms with van der Waals surface area (Å²) in [5.41, 5.74) is 5.05. The largest absolute Gasteiger partial charge is 0.392 e. The molecule has 1 aliphatic heterocycles. The molecule has 1 aliphatic rings. The maximum Gasteiger partial charge on any atom is 0.271 e. The number of amides is 1. The quantitative estimate of drug-likeness (QED) is 0.468. The third-order valence-electron chi connectivity index (χ3n) is 5.50. The number of thioether (sulfide) groups is 1. The van der Waals surface area contributed by atoms with Gasteiger partial charge in [-0.3, -0.25) is 14.7 Å². The molecule has 1 amide bonds. The number of nitrogens with zero attached hydrogens (tertiary/aromatic N) is 2. The van der Waals surface area contributed by atoms with Gasteiger partial charge < -0.3 is 5.11 Å². The van der Waals surface area contributed by atoms with Crippen LogP contribution in [0.25, 0.3) is 6.08 Å². The number of amidine groups is 1. The first-order valence-corrected chi connectivity index (χ1v) is 11.8. The topological polar surface area (TPSA) is 52.9 Å². The molecule has 3 aromatic rings. The fourth-order valence-corrected chi connectivity index (χ4v) is 4.50. The Bertz CT molecular complexity index is 1180. The molecule has 0 unspecified atom stereocenters. The van der Waals surface area contributed by atoms with Crippen molar-refractivity contribution in [1.29, 1.82) is 0 Å². The molecular formula is C28H28N2O2S. The minimum absolute atomic E-state index is 0.000144. The second-order valence-electron chi connectivity index (χ2n) is 9.03. The number of anilines is 1. The molecule has 4 nitrogen and oxygen atoms in total. The van der Waals surface area contributed by atoms with Crippen LogP contribution in [0.2, 0.25) is 0 Å². The van der Waals surface area contributed by atoms with Gasteiger partial charge in [-0.15, -0.1) is 0 Å². The van der Waals surface area contributed by atoms with Crippen molar-refractivity contribution in [3.05, 3.63) is 106 Å². The van der Waals surface area contributed by atoms with Crippen LogP contribution in [-0.2, 0) is 23.4 Å². The summed E-state index contributed by atoms with van der Waals surface area (Å²) in [6.07, 6.45) is 1.88. The summed E-state index contributed by atoms with van der Waals surface area (Å²) in [4.78, 5) is 20.5. The lowest BCUT2D eigenvalue weighted by Crippen LogP contribution is -2.28. The monoisotopic (exact) mass is 456 g/mol. The molecule has 0 radical (unpaired) electrons. The van der Waals surface area contributed by atoms with Crippen LogP contribution < -0.4 is 4.90 Å². The van der Waals surface area contributed by atoms with E-state index in [-0.39, 0.29) is 17.9 Å². The van der Waals surface area contributed by atoms with Gasteiger partial charge in [0.2, 0.25) is 0 Å². The Kier molecular flexibility index (Phi) is 6.82. The predicted octanol–water partition coefficient (Wildman–Crippen LogP) is 6.15. The highest BCUT2D eigenvalue weighted by molar-refractivity contribution is 8.19. The van der Waals surface area contributed by atoms with Crippen LogP contribution in [-0.4, -0.2) is 16.2 Å². The maximum absolute atomic E-state index is 13.3. The van der Waals surface area contributed by atoms with Crippen LogP contribution in [0.15, 0.2) is 88.8 Å². The lowest BCUT2D eigenvalue weighted by Gasteiger charge is -2.19. The zero-order valence-corrected chi connectivity index (χ0v) is 20.0. The molecule has 3 aromatic carbocycles. The molecule has 0 spiro atoms. The van der Waals surface area contributed by atoms with Crippen molar-refractivity contribution in [3.63, 3.8) is 0 Å². The Morgan fingerprint density at radius 2 is 1.55 bits per heavy atom. The first-order chi connectivity index (χ1) is 15.8. The highest BCUT2D eigenvalue weighted by Crippen LogP contribution is 2.36. The van der Waals surface area contributed by atoms with Crippen LogP contribution in [0.4, 0.5) is 5.69 Å². The summed E-state index contributed by atoms with van der Waals surface area (Å²) >= 11 is 1.39. The maximum atomic E-state index is 13.3. The van der Waals surface area contributed by atoms with Gasteiger partial charge in [-0.2, -0.15) is 0 Å². The average molecular weight is 457 g/mol. The van der Waals surface area contributed by atoms with Gasteiger partial charge in [-0.1, -0.05) is 87.5 Å². The van der Waals surface area contributed by atoms with Crippen molar-refractivity contribution >= 4 is 34.6 Å². The molecule has 4 rings (SSSR count). The van der Waals surface area contributed by atoms with E-state index in [1.807, 2.05) is 60.7 Å². The molecule has 0 aromatic heterocycles. The van der Waals surface area contributed by atoms with Crippen LogP contribution in [0, 0.1) is 0 Å². The van der Waals surface area contributed by atoms with E-state index in [2.05, 4.69) is 45.0 Å². The minimum atomic E-state index is -0.0840. The third-order valence-corrected chi connectivity index (χ3v) is 6.50. The third kappa shape index (κ3) is 5.44. The highest BCUT2D eigenvalue weighted by atomic mass is 32.2. The predicted molar refractivity (Wildman–Crippen MR) is 138 cm³/mol. The Morgan fingerprint density at radius 1 is 0.909 bits per heavy atom. The van der Waals surface area contributed by atoms with Gasteiger partial charge in [-0.25, -0.2) is 0 Å². The summed E-state index contributed by atoms with van der Waals surface area (Å²) in [6.45, 7) is 7.10. The average Bonchev–Trinajstić information content (AvgIpc) is 3.13. The second kappa shape index (κ2) is 9.77. The molecule has 0 atom stereocenters. The summed E-state index contributed by atoms with van der Waals surface area (Å²) in [7, 11) is 0. The van der Waals surface area contributed by atoms with Gasteiger partial charge in [0, 0.05) is 0 Å². The van der Waals surface area contributed by atoms with E-state index < -0.39 is 0 Å². The Morgan fingerprint density at radius 3 is 2.15 bits per heavy atom. The van der Waals surface area contributed by atoms with Gasteiger partial charge in [0.1, 0.15) is 0 Å². The van der Waals surface area contributed by atoms with Crippen molar-refractivity contribution in [2.75, 3.05) is 4.90 Å². The smallest absolute Gasteiger partial charge is 0.271 e. The zero-order valence-electron chi connectivity index (χ0n) is 19.2. The molecule has 1 saturated heterocycles. The minimum Gasteiger partial charge on any atom is -0.392 e.